The van der Waals surface area contributed by atoms with Gasteiger partial charge in [-0.25, -0.2) is 0 Å². The van der Waals surface area contributed by atoms with E-state index in [1.807, 2.05) is 90.5 Å². The lowest BCUT2D eigenvalue weighted by molar-refractivity contribution is 0.0709. The van der Waals surface area contributed by atoms with Crippen LogP contribution in [0.3, 0.4) is 0 Å². The Morgan fingerprint density at radius 3 is 2.40 bits per heavy atom. The van der Waals surface area contributed by atoms with Crippen molar-refractivity contribution in [3.63, 3.8) is 0 Å². The number of furan rings is 1. The number of rotatable bonds is 11. The summed E-state index contributed by atoms with van der Waals surface area (Å²) in [5.74, 6) is 1.86. The van der Waals surface area contributed by atoms with Crippen molar-refractivity contribution in [2.75, 3.05) is 44.2 Å². The van der Waals surface area contributed by atoms with Crippen LogP contribution in [0.1, 0.15) is 58.2 Å². The van der Waals surface area contributed by atoms with E-state index >= 15 is 0 Å². The molecule has 42 heavy (non-hydrogen) atoms. The third-order valence-electron chi connectivity index (χ3n) is 7.63. The molecule has 0 saturated carbocycles. The summed E-state index contributed by atoms with van der Waals surface area (Å²) in [4.78, 5) is 32.5. The van der Waals surface area contributed by atoms with E-state index in [4.69, 9.17) is 9.15 Å². The Hall–Kier alpha value is -4.46. The van der Waals surface area contributed by atoms with Gasteiger partial charge in [-0.1, -0.05) is 36.8 Å². The van der Waals surface area contributed by atoms with Crippen LogP contribution in [-0.2, 0) is 13.1 Å². The van der Waals surface area contributed by atoms with Gasteiger partial charge in [-0.3, -0.25) is 9.59 Å². The lowest BCUT2D eigenvalue weighted by Crippen LogP contribution is -2.48. The van der Waals surface area contributed by atoms with Gasteiger partial charge in [0.2, 0.25) is 0 Å². The second-order valence-corrected chi connectivity index (χ2v) is 10.7. The minimum atomic E-state index is -0.0930. The Labute approximate surface area is 248 Å². The third-order valence-corrected chi connectivity index (χ3v) is 7.63. The van der Waals surface area contributed by atoms with Gasteiger partial charge in [-0.15, -0.1) is 0 Å². The first kappa shape index (κ1) is 29.0. The first-order valence-corrected chi connectivity index (χ1v) is 14.8. The van der Waals surface area contributed by atoms with Crippen molar-refractivity contribution >= 4 is 17.5 Å². The van der Waals surface area contributed by atoms with Gasteiger partial charge in [-0.05, 0) is 68.8 Å². The zero-order valence-electron chi connectivity index (χ0n) is 24.8. The van der Waals surface area contributed by atoms with E-state index in [1.54, 1.807) is 6.07 Å². The van der Waals surface area contributed by atoms with Crippen LogP contribution < -0.4 is 9.64 Å². The summed E-state index contributed by atoms with van der Waals surface area (Å²) in [7, 11) is 0. The lowest BCUT2D eigenvalue weighted by Gasteiger charge is -2.36. The Morgan fingerprint density at radius 1 is 0.905 bits per heavy atom. The second kappa shape index (κ2) is 13.5. The summed E-state index contributed by atoms with van der Waals surface area (Å²) in [5, 5.41) is 0. The highest BCUT2D eigenvalue weighted by Crippen LogP contribution is 2.29. The summed E-state index contributed by atoms with van der Waals surface area (Å²) in [6, 6.07) is 23.4. The van der Waals surface area contributed by atoms with Gasteiger partial charge in [0.25, 0.3) is 11.8 Å². The number of benzene rings is 2. The standard InChI is InChI=1S/C34H40N4O4/c1-4-18-38(33(39)27-14-12-26(3)13-15-27)24-28-9-8-19-37(28)25-29-16-17-32(42-29)34(40)36-22-20-35(21-23-36)30-10-6-7-11-31(30)41-5-2/h6-17,19H,4-5,18,20-25H2,1-3H3. The van der Waals surface area contributed by atoms with Gasteiger partial charge in [-0.2, -0.15) is 0 Å². The van der Waals surface area contributed by atoms with Crippen molar-refractivity contribution in [1.29, 1.82) is 0 Å². The number of nitrogens with zero attached hydrogens (tertiary/aromatic N) is 4. The number of hydrogen-bond donors (Lipinski definition) is 0. The normalized spacial score (nSPS) is 13.3. The Kier molecular flexibility index (Phi) is 9.31. The molecule has 0 bridgehead atoms. The highest BCUT2D eigenvalue weighted by molar-refractivity contribution is 5.94. The van der Waals surface area contributed by atoms with Crippen LogP contribution in [-0.4, -0.2) is 65.5 Å². The molecule has 2 aromatic carbocycles. The SMILES string of the molecule is CCCN(Cc1cccn1Cc1ccc(C(=O)N2CCN(c3ccccc3OCC)CC2)o1)C(=O)c1ccc(C)cc1. The van der Waals surface area contributed by atoms with Crippen LogP contribution in [0.4, 0.5) is 5.69 Å². The molecule has 0 atom stereocenters. The lowest BCUT2D eigenvalue weighted by atomic mass is 10.1. The van der Waals surface area contributed by atoms with E-state index in [-0.39, 0.29) is 11.8 Å². The van der Waals surface area contributed by atoms with Crippen LogP contribution in [0.15, 0.2) is 83.4 Å². The molecule has 8 heteroatoms. The minimum Gasteiger partial charge on any atom is -0.492 e. The first-order valence-electron chi connectivity index (χ1n) is 14.8. The zero-order chi connectivity index (χ0) is 29.5. The van der Waals surface area contributed by atoms with Crippen molar-refractivity contribution in [2.24, 2.45) is 0 Å². The number of carbonyl (C=O) groups excluding carboxylic acids is 2. The highest BCUT2D eigenvalue weighted by atomic mass is 16.5. The zero-order valence-corrected chi connectivity index (χ0v) is 24.8. The van der Waals surface area contributed by atoms with E-state index < -0.39 is 0 Å². The summed E-state index contributed by atoms with van der Waals surface area (Å²) >= 11 is 0. The fraction of sp³-hybridized carbons (Fsp3) is 0.353. The van der Waals surface area contributed by atoms with Crippen molar-refractivity contribution in [3.05, 3.63) is 107 Å². The number of aromatic nitrogens is 1. The third kappa shape index (κ3) is 6.70. The summed E-state index contributed by atoms with van der Waals surface area (Å²) in [6.45, 7) is 11.0. The molecule has 0 radical (unpaired) electrons. The number of aryl methyl sites for hydroxylation is 1. The fourth-order valence-corrected chi connectivity index (χ4v) is 5.39. The number of amides is 2. The molecular formula is C34H40N4O4. The molecule has 8 nitrogen and oxygen atoms in total. The van der Waals surface area contributed by atoms with E-state index in [0.29, 0.717) is 56.4 Å². The maximum Gasteiger partial charge on any atom is 0.289 e. The summed E-state index contributed by atoms with van der Waals surface area (Å²) < 4.78 is 13.9. The van der Waals surface area contributed by atoms with Crippen LogP contribution in [0, 0.1) is 6.92 Å². The van der Waals surface area contributed by atoms with Gasteiger partial charge in [0.15, 0.2) is 5.76 Å². The van der Waals surface area contributed by atoms with Gasteiger partial charge in [0.05, 0.1) is 25.4 Å². The molecule has 0 N–H and O–H groups in total. The van der Waals surface area contributed by atoms with Gasteiger partial charge >= 0.3 is 0 Å². The molecule has 0 aliphatic carbocycles. The molecule has 5 rings (SSSR count). The molecule has 1 saturated heterocycles. The molecule has 1 aliphatic heterocycles. The molecular weight excluding hydrogens is 528 g/mol. The van der Waals surface area contributed by atoms with Crippen LogP contribution in [0.25, 0.3) is 0 Å². The van der Waals surface area contributed by atoms with E-state index in [0.717, 1.165) is 42.2 Å². The van der Waals surface area contributed by atoms with Crippen molar-refractivity contribution in [2.45, 2.75) is 40.3 Å². The summed E-state index contributed by atoms with van der Waals surface area (Å²) in [5.41, 5.74) is 3.90. The van der Waals surface area contributed by atoms with E-state index in [2.05, 4.69) is 22.5 Å². The van der Waals surface area contributed by atoms with Crippen LogP contribution in [0.5, 0.6) is 5.75 Å². The maximum atomic E-state index is 13.3. The molecule has 2 aromatic heterocycles. The molecule has 3 heterocycles. The molecule has 4 aromatic rings. The Balaban J connectivity index is 1.20. The second-order valence-electron chi connectivity index (χ2n) is 10.7. The molecule has 1 fully saturated rings. The topological polar surface area (TPSA) is 71.2 Å². The molecule has 0 unspecified atom stereocenters. The van der Waals surface area contributed by atoms with Crippen molar-refractivity contribution < 1.29 is 18.7 Å². The van der Waals surface area contributed by atoms with Gasteiger partial charge in [0, 0.05) is 50.2 Å². The average Bonchev–Trinajstić information content (AvgIpc) is 3.67. The predicted molar refractivity (Wildman–Crippen MR) is 164 cm³/mol. The molecule has 1 aliphatic rings. The number of carbonyl (C=O) groups is 2. The highest BCUT2D eigenvalue weighted by Gasteiger charge is 2.26. The smallest absolute Gasteiger partial charge is 0.289 e. The first-order chi connectivity index (χ1) is 20.5. The molecule has 220 valence electrons. The number of ether oxygens (including phenoxy) is 1. The van der Waals surface area contributed by atoms with Crippen LogP contribution in [0.2, 0.25) is 0 Å². The number of para-hydroxylation sites is 2. The maximum absolute atomic E-state index is 13.3. The predicted octanol–water partition coefficient (Wildman–Crippen LogP) is 5.85. The van der Waals surface area contributed by atoms with Gasteiger partial charge in [0.1, 0.15) is 11.5 Å². The minimum absolute atomic E-state index is 0.0250. The Bertz CT molecular complexity index is 1480. The van der Waals surface area contributed by atoms with Crippen LogP contribution >= 0.6 is 0 Å². The number of piperazine rings is 1. The number of anilines is 1. The van der Waals surface area contributed by atoms with Gasteiger partial charge < -0.3 is 28.4 Å². The monoisotopic (exact) mass is 568 g/mol. The molecule has 2 amide bonds. The largest absolute Gasteiger partial charge is 0.492 e. The summed E-state index contributed by atoms with van der Waals surface area (Å²) in [6.07, 6.45) is 2.86. The van der Waals surface area contributed by atoms with E-state index in [1.165, 1.54) is 0 Å². The van der Waals surface area contributed by atoms with E-state index in [9.17, 15) is 9.59 Å². The van der Waals surface area contributed by atoms with Crippen molar-refractivity contribution in [1.82, 2.24) is 14.4 Å². The fourth-order valence-electron chi connectivity index (χ4n) is 5.39. The average molecular weight is 569 g/mol. The number of hydrogen-bond acceptors (Lipinski definition) is 5. The quantitative estimate of drug-likeness (QED) is 0.227. The Morgan fingerprint density at radius 2 is 1.67 bits per heavy atom. The van der Waals surface area contributed by atoms with Crippen molar-refractivity contribution in [3.8, 4) is 5.75 Å². The molecule has 0 spiro atoms.